The summed E-state index contributed by atoms with van der Waals surface area (Å²) in [6, 6.07) is 3.00. The zero-order valence-electron chi connectivity index (χ0n) is 10.9. The highest BCUT2D eigenvalue weighted by atomic mass is 19.3. The van der Waals surface area contributed by atoms with Gasteiger partial charge in [0.05, 0.1) is 18.2 Å². The third-order valence-corrected chi connectivity index (χ3v) is 2.98. The summed E-state index contributed by atoms with van der Waals surface area (Å²) in [4.78, 5) is 0. The van der Waals surface area contributed by atoms with Crippen molar-refractivity contribution in [1.82, 2.24) is 0 Å². The lowest BCUT2D eigenvalue weighted by atomic mass is 9.97. The monoisotopic (exact) mass is 324 g/mol. The molecule has 0 amide bonds. The van der Waals surface area contributed by atoms with E-state index in [4.69, 9.17) is 0 Å². The molecule has 0 saturated carbocycles. The Morgan fingerprint density at radius 1 is 0.818 bits per heavy atom. The molecule has 0 fully saturated rings. The van der Waals surface area contributed by atoms with Gasteiger partial charge in [0.25, 0.3) is 6.43 Å². The van der Waals surface area contributed by atoms with Gasteiger partial charge in [0, 0.05) is 5.56 Å². The molecule has 0 aliphatic heterocycles. The molecule has 1 nitrogen and oxygen atoms in total. The van der Waals surface area contributed by atoms with Crippen molar-refractivity contribution in [1.29, 1.82) is 0 Å². The average molecular weight is 324 g/mol. The lowest BCUT2D eigenvalue weighted by molar-refractivity contribution is 0.147. The second kappa shape index (κ2) is 5.86. The molecule has 2 rings (SSSR count). The van der Waals surface area contributed by atoms with Crippen LogP contribution in [0.25, 0.3) is 11.1 Å². The van der Waals surface area contributed by atoms with Crippen LogP contribution in [0.3, 0.4) is 0 Å². The minimum atomic E-state index is -3.25. The van der Waals surface area contributed by atoms with Crippen LogP contribution in [0.1, 0.15) is 12.0 Å². The number of halogens is 7. The Labute approximate surface area is 119 Å². The number of hydrogen-bond donors (Lipinski definition) is 0. The molecule has 0 aliphatic carbocycles. The van der Waals surface area contributed by atoms with Crippen molar-refractivity contribution in [3.05, 3.63) is 52.8 Å². The summed E-state index contributed by atoms with van der Waals surface area (Å²) >= 11 is 0. The highest BCUT2D eigenvalue weighted by molar-refractivity contribution is 5.72. The van der Waals surface area contributed by atoms with Gasteiger partial charge in [-0.05, 0) is 6.07 Å². The summed E-state index contributed by atoms with van der Waals surface area (Å²) < 4.78 is 97.9. The first-order chi connectivity index (χ1) is 10.3. The maximum atomic E-state index is 13.8. The molecule has 8 heteroatoms. The predicted octanol–water partition coefficient (Wildman–Crippen LogP) is 5.00. The van der Waals surface area contributed by atoms with E-state index in [1.165, 1.54) is 0 Å². The van der Waals surface area contributed by atoms with Crippen LogP contribution in [0.2, 0.25) is 0 Å². The van der Waals surface area contributed by atoms with Crippen LogP contribution in [0, 0.1) is 29.1 Å². The second-order valence-electron chi connectivity index (χ2n) is 4.17. The third-order valence-electron chi connectivity index (χ3n) is 2.98. The molecule has 0 saturated heterocycles. The molecule has 0 radical (unpaired) electrons. The predicted molar refractivity (Wildman–Crippen MR) is 63.2 cm³/mol. The fourth-order valence-electron chi connectivity index (χ4n) is 2.01. The number of alkyl halides is 2. The van der Waals surface area contributed by atoms with Gasteiger partial charge in [-0.25, -0.2) is 30.7 Å². The molecular formula is C14H7F7O. The maximum Gasteiger partial charge on any atom is 0.268 e. The van der Waals surface area contributed by atoms with E-state index in [9.17, 15) is 30.7 Å². The Morgan fingerprint density at radius 2 is 1.32 bits per heavy atom. The Hall–Kier alpha value is -2.25. The summed E-state index contributed by atoms with van der Waals surface area (Å²) in [5.41, 5.74) is -3.22. The molecule has 118 valence electrons. The molecule has 0 heterocycles. The van der Waals surface area contributed by atoms with E-state index in [0.29, 0.717) is 0 Å². The van der Waals surface area contributed by atoms with Gasteiger partial charge < -0.3 is 4.74 Å². The van der Waals surface area contributed by atoms with Gasteiger partial charge >= 0.3 is 0 Å². The summed E-state index contributed by atoms with van der Waals surface area (Å²) in [5, 5.41) is 0. The van der Waals surface area contributed by atoms with E-state index < -0.39 is 58.0 Å². The summed E-state index contributed by atoms with van der Waals surface area (Å²) in [7, 11) is 1.03. The van der Waals surface area contributed by atoms with Crippen molar-refractivity contribution in [3.8, 4) is 16.9 Å². The Morgan fingerprint density at radius 3 is 1.77 bits per heavy atom. The van der Waals surface area contributed by atoms with Crippen molar-refractivity contribution in [2.24, 2.45) is 0 Å². The SMILES string of the molecule is COc1cccc(-c2c(F)c(F)c(F)c(F)c2F)c1C(F)F. The van der Waals surface area contributed by atoms with Gasteiger partial charge in [-0.2, -0.15) is 0 Å². The van der Waals surface area contributed by atoms with Crippen LogP contribution < -0.4 is 4.74 Å². The fraction of sp³-hybridized carbons (Fsp3) is 0.143. The lowest BCUT2D eigenvalue weighted by Gasteiger charge is -2.15. The molecule has 2 aromatic carbocycles. The fourth-order valence-corrected chi connectivity index (χ4v) is 2.01. The summed E-state index contributed by atoms with van der Waals surface area (Å²) in [6.07, 6.45) is -3.25. The van der Waals surface area contributed by atoms with Crippen molar-refractivity contribution in [2.45, 2.75) is 6.43 Å². The number of rotatable bonds is 3. The van der Waals surface area contributed by atoms with Crippen molar-refractivity contribution >= 4 is 0 Å². The van der Waals surface area contributed by atoms with Gasteiger partial charge in [-0.3, -0.25) is 0 Å². The first-order valence-corrected chi connectivity index (χ1v) is 5.78. The van der Waals surface area contributed by atoms with Gasteiger partial charge in [-0.1, -0.05) is 12.1 Å². The van der Waals surface area contributed by atoms with Gasteiger partial charge in [0.2, 0.25) is 5.82 Å². The highest BCUT2D eigenvalue weighted by Gasteiger charge is 2.30. The largest absolute Gasteiger partial charge is 0.496 e. The molecule has 0 N–H and O–H groups in total. The smallest absolute Gasteiger partial charge is 0.268 e. The zero-order chi connectivity index (χ0) is 16.6. The summed E-state index contributed by atoms with van der Waals surface area (Å²) in [5.74, 6) is -11.6. The molecular weight excluding hydrogens is 317 g/mol. The van der Waals surface area contributed by atoms with Crippen LogP contribution in [0.5, 0.6) is 5.75 Å². The van der Waals surface area contributed by atoms with Crippen molar-refractivity contribution in [3.63, 3.8) is 0 Å². The Kier molecular flexibility index (Phi) is 4.30. The topological polar surface area (TPSA) is 9.23 Å². The molecule has 0 unspecified atom stereocenters. The molecule has 0 spiro atoms. The van der Waals surface area contributed by atoms with Crippen LogP contribution in [-0.4, -0.2) is 7.11 Å². The number of hydrogen-bond acceptors (Lipinski definition) is 1. The van der Waals surface area contributed by atoms with Gasteiger partial charge in [-0.15, -0.1) is 0 Å². The van der Waals surface area contributed by atoms with E-state index in [0.717, 1.165) is 25.3 Å². The second-order valence-corrected chi connectivity index (χ2v) is 4.17. The summed E-state index contributed by atoms with van der Waals surface area (Å²) in [6.45, 7) is 0. The van der Waals surface area contributed by atoms with E-state index in [1.807, 2.05) is 0 Å². The van der Waals surface area contributed by atoms with Crippen molar-refractivity contribution < 1.29 is 35.5 Å². The van der Waals surface area contributed by atoms with E-state index in [2.05, 4.69) is 4.74 Å². The Balaban J connectivity index is 2.90. The van der Waals surface area contributed by atoms with E-state index in [1.54, 1.807) is 0 Å². The van der Waals surface area contributed by atoms with Gasteiger partial charge in [0.1, 0.15) is 5.75 Å². The zero-order valence-corrected chi connectivity index (χ0v) is 10.9. The van der Waals surface area contributed by atoms with Crippen molar-refractivity contribution in [2.75, 3.05) is 7.11 Å². The lowest BCUT2D eigenvalue weighted by Crippen LogP contribution is -2.06. The van der Waals surface area contributed by atoms with E-state index in [-0.39, 0.29) is 0 Å². The quantitative estimate of drug-likeness (QED) is 0.439. The molecule has 0 bridgehead atoms. The molecule has 0 atom stereocenters. The number of benzene rings is 2. The standard InChI is InChI=1S/C14H7F7O/c1-22-6-4-2-3-5(7(6)14(20)21)8-9(15)11(17)13(19)12(18)10(8)16/h2-4,14H,1H3. The minimum absolute atomic E-state index is 0.434. The molecule has 2 aromatic rings. The van der Waals surface area contributed by atoms with E-state index >= 15 is 0 Å². The first-order valence-electron chi connectivity index (χ1n) is 5.78. The number of methoxy groups -OCH3 is 1. The number of ether oxygens (including phenoxy) is 1. The van der Waals surface area contributed by atoms with Crippen LogP contribution >= 0.6 is 0 Å². The first kappa shape index (κ1) is 16.1. The molecule has 0 aliphatic rings. The van der Waals surface area contributed by atoms with Gasteiger partial charge in [0.15, 0.2) is 23.3 Å². The molecule has 22 heavy (non-hydrogen) atoms. The Bertz CT molecular complexity index is 699. The third kappa shape index (κ3) is 2.38. The average Bonchev–Trinajstić information content (AvgIpc) is 2.50. The maximum absolute atomic E-state index is 13.8. The normalized spacial score (nSPS) is 11.1. The highest BCUT2D eigenvalue weighted by Crippen LogP contribution is 2.41. The van der Waals surface area contributed by atoms with Crippen LogP contribution in [-0.2, 0) is 0 Å². The van der Waals surface area contributed by atoms with Crippen LogP contribution in [0.4, 0.5) is 30.7 Å². The minimum Gasteiger partial charge on any atom is -0.496 e. The van der Waals surface area contributed by atoms with Crippen LogP contribution in [0.15, 0.2) is 18.2 Å². The molecule has 0 aromatic heterocycles.